The van der Waals surface area contributed by atoms with Gasteiger partial charge in [-0.1, -0.05) is 24.3 Å². The van der Waals surface area contributed by atoms with Gasteiger partial charge in [0.1, 0.15) is 0 Å². The summed E-state index contributed by atoms with van der Waals surface area (Å²) in [6.45, 7) is 2.08. The highest BCUT2D eigenvalue weighted by Crippen LogP contribution is 2.41. The number of amides is 4. The Morgan fingerprint density at radius 3 is 1.89 bits per heavy atom. The van der Waals surface area contributed by atoms with Gasteiger partial charge in [-0.3, -0.25) is 10.1 Å². The number of benzene rings is 3. The van der Waals surface area contributed by atoms with Gasteiger partial charge in [-0.2, -0.15) is 44.6 Å². The zero-order valence-corrected chi connectivity index (χ0v) is 22.7. The van der Waals surface area contributed by atoms with E-state index in [1.165, 1.54) is 19.9 Å². The molecule has 44 heavy (non-hydrogen) atoms. The van der Waals surface area contributed by atoms with E-state index >= 15 is 0 Å². The molecule has 0 unspecified atom stereocenters. The van der Waals surface area contributed by atoms with Gasteiger partial charge in [0, 0.05) is 17.9 Å². The molecule has 0 spiro atoms. The quantitative estimate of drug-likeness (QED) is 0.169. The first-order valence-corrected chi connectivity index (χ1v) is 12.6. The van der Waals surface area contributed by atoms with E-state index in [1.807, 2.05) is 0 Å². The van der Waals surface area contributed by atoms with E-state index < -0.39 is 76.9 Å². The van der Waals surface area contributed by atoms with Crippen molar-refractivity contribution < 1.29 is 54.3 Å². The third-order valence-corrected chi connectivity index (χ3v) is 6.94. The van der Waals surface area contributed by atoms with Crippen molar-refractivity contribution in [1.82, 2.24) is 9.96 Å². The minimum Gasteiger partial charge on any atom is -0.311 e. The van der Waals surface area contributed by atoms with Gasteiger partial charge in [0.05, 0.1) is 22.2 Å². The third kappa shape index (κ3) is 6.54. The number of nitrogens with one attached hydrogen (secondary N) is 1. The van der Waals surface area contributed by atoms with E-state index in [2.05, 4.69) is 5.32 Å². The van der Waals surface area contributed by atoms with Crippen molar-refractivity contribution in [3.8, 4) is 0 Å². The van der Waals surface area contributed by atoms with Crippen molar-refractivity contribution in [2.24, 2.45) is 0 Å². The lowest BCUT2D eigenvalue weighted by Gasteiger charge is -2.38. The molecule has 0 saturated carbocycles. The summed E-state index contributed by atoms with van der Waals surface area (Å²) in [7, 11) is 0. The van der Waals surface area contributed by atoms with Crippen LogP contribution in [0.3, 0.4) is 0 Å². The summed E-state index contributed by atoms with van der Waals surface area (Å²) in [5.41, 5.74) is -5.92. The fourth-order valence-electron chi connectivity index (χ4n) is 4.79. The molecule has 1 aliphatic rings. The second kappa shape index (κ2) is 11.2. The Labute approximate surface area is 244 Å². The molecule has 2 N–H and O–H groups in total. The number of rotatable bonds is 5. The number of hydrogen-bond donors (Lipinski definition) is 2. The summed E-state index contributed by atoms with van der Waals surface area (Å²) in [5, 5.41) is 13.1. The van der Waals surface area contributed by atoms with Gasteiger partial charge in [0.25, 0.3) is 0 Å². The van der Waals surface area contributed by atoms with Gasteiger partial charge in [-0.15, -0.1) is 0 Å². The van der Waals surface area contributed by atoms with Crippen molar-refractivity contribution in [3.05, 3.63) is 95.1 Å². The summed E-state index contributed by atoms with van der Waals surface area (Å²) in [6, 6.07) is 8.10. The number of urea groups is 2. The molecule has 1 atom stereocenters. The topological polar surface area (TPSA) is 76.1 Å². The summed E-state index contributed by atoms with van der Waals surface area (Å²) < 4.78 is 120. The van der Waals surface area contributed by atoms with Crippen molar-refractivity contribution >= 4 is 23.4 Å². The maximum Gasteiger partial charge on any atom is 0.416 e. The molecule has 3 aromatic carbocycles. The SMILES string of the molecule is CC1(C)[C@H](N(O)C(=O)Nc2cccc(C(F)(F)F)c2)N(c2cccc(C(F)(F)F)c2)C(=O)N1Cc1cccc(C(F)(F)F)c1. The van der Waals surface area contributed by atoms with Crippen LogP contribution in [0.4, 0.5) is 60.5 Å². The molecule has 4 amide bonds. The smallest absolute Gasteiger partial charge is 0.311 e. The van der Waals surface area contributed by atoms with Gasteiger partial charge in [0.15, 0.2) is 6.17 Å². The number of anilines is 2. The van der Waals surface area contributed by atoms with Gasteiger partial charge in [-0.25, -0.2) is 9.59 Å². The molecule has 16 heteroatoms. The first kappa shape index (κ1) is 32.4. The summed E-state index contributed by atoms with van der Waals surface area (Å²) in [6.07, 6.45) is -16.2. The Morgan fingerprint density at radius 1 is 0.818 bits per heavy atom. The number of hydroxylamine groups is 2. The van der Waals surface area contributed by atoms with Crippen LogP contribution in [0, 0.1) is 0 Å². The maximum absolute atomic E-state index is 13.8. The number of carbonyl (C=O) groups is 2. The van der Waals surface area contributed by atoms with Gasteiger partial charge < -0.3 is 10.2 Å². The van der Waals surface area contributed by atoms with Crippen LogP contribution >= 0.6 is 0 Å². The lowest BCUT2D eigenvalue weighted by atomic mass is 9.98. The van der Waals surface area contributed by atoms with E-state index in [4.69, 9.17) is 0 Å². The first-order chi connectivity index (χ1) is 20.2. The van der Waals surface area contributed by atoms with Crippen molar-refractivity contribution in [2.45, 2.75) is 50.6 Å². The zero-order valence-electron chi connectivity index (χ0n) is 22.7. The van der Waals surface area contributed by atoms with Gasteiger partial charge in [0.2, 0.25) is 0 Å². The lowest BCUT2D eigenvalue weighted by molar-refractivity contribution is -0.138. The largest absolute Gasteiger partial charge is 0.416 e. The monoisotopic (exact) mass is 634 g/mol. The summed E-state index contributed by atoms with van der Waals surface area (Å²) in [5.74, 6) is 0. The van der Waals surface area contributed by atoms with Crippen LogP contribution in [-0.2, 0) is 25.1 Å². The fraction of sp³-hybridized carbons (Fsp3) is 0.286. The van der Waals surface area contributed by atoms with Crippen LogP contribution in [0.5, 0.6) is 0 Å². The van der Waals surface area contributed by atoms with Crippen LogP contribution in [0.15, 0.2) is 72.8 Å². The van der Waals surface area contributed by atoms with E-state index in [0.29, 0.717) is 23.1 Å². The van der Waals surface area contributed by atoms with E-state index in [1.54, 1.807) is 0 Å². The second-order valence-corrected chi connectivity index (χ2v) is 10.4. The third-order valence-electron chi connectivity index (χ3n) is 6.94. The molecule has 236 valence electrons. The number of alkyl halides is 9. The molecule has 1 fully saturated rings. The molecule has 4 rings (SSSR count). The second-order valence-electron chi connectivity index (χ2n) is 10.4. The summed E-state index contributed by atoms with van der Waals surface area (Å²) in [4.78, 5) is 28.5. The van der Waals surface area contributed by atoms with Crippen molar-refractivity contribution in [2.75, 3.05) is 10.2 Å². The molecular formula is C28H23F9N4O3. The van der Waals surface area contributed by atoms with Gasteiger partial charge >= 0.3 is 30.6 Å². The molecule has 0 aromatic heterocycles. The minimum atomic E-state index is -4.86. The number of halogens is 9. The van der Waals surface area contributed by atoms with Crippen LogP contribution in [0.1, 0.15) is 36.1 Å². The molecule has 0 radical (unpaired) electrons. The minimum absolute atomic E-state index is 0.0243. The Hall–Kier alpha value is -4.47. The van der Waals surface area contributed by atoms with E-state index in [-0.39, 0.29) is 10.6 Å². The molecule has 1 aliphatic heterocycles. The Balaban J connectivity index is 1.76. The Bertz CT molecular complexity index is 1550. The normalized spacial score (nSPS) is 17.2. The van der Waals surface area contributed by atoms with Crippen LogP contribution in [-0.4, -0.2) is 38.9 Å². The van der Waals surface area contributed by atoms with Gasteiger partial charge in [-0.05, 0) is 67.9 Å². The van der Waals surface area contributed by atoms with E-state index in [0.717, 1.165) is 53.4 Å². The molecular weight excluding hydrogens is 611 g/mol. The number of carbonyl (C=O) groups excluding carboxylic acids is 2. The molecule has 1 heterocycles. The predicted molar refractivity (Wildman–Crippen MR) is 138 cm³/mol. The molecule has 1 saturated heterocycles. The molecule has 0 aliphatic carbocycles. The fourth-order valence-corrected chi connectivity index (χ4v) is 4.79. The number of hydrogen-bond acceptors (Lipinski definition) is 3. The first-order valence-electron chi connectivity index (χ1n) is 12.6. The Kier molecular flexibility index (Phi) is 8.28. The van der Waals surface area contributed by atoms with E-state index in [9.17, 15) is 54.3 Å². The van der Waals surface area contributed by atoms with Crippen LogP contribution in [0.25, 0.3) is 0 Å². The molecule has 3 aromatic rings. The standard InChI is InChI=1S/C28H23F9N4O3/c1-25(2)22(41(44)23(42)38-20-10-4-8-18(13-20)27(32,33)34)40(21-11-5-9-19(14-21)28(35,36)37)24(43)39(25)15-16-6-3-7-17(12-16)26(29,30)31/h3-14,22,44H,15H2,1-2H3,(H,38,42)/t22-/m0/s1. The highest BCUT2D eigenvalue weighted by molar-refractivity contribution is 5.98. The van der Waals surface area contributed by atoms with Crippen molar-refractivity contribution in [3.63, 3.8) is 0 Å². The summed E-state index contributed by atoms with van der Waals surface area (Å²) >= 11 is 0. The molecule has 0 bridgehead atoms. The predicted octanol–water partition coefficient (Wildman–Crippen LogP) is 8.21. The average molecular weight is 634 g/mol. The van der Waals surface area contributed by atoms with Crippen molar-refractivity contribution in [1.29, 1.82) is 0 Å². The lowest BCUT2D eigenvalue weighted by Crippen LogP contribution is -2.58. The molecule has 7 nitrogen and oxygen atoms in total. The Morgan fingerprint density at radius 2 is 1.32 bits per heavy atom. The number of nitrogens with zero attached hydrogens (tertiary/aromatic N) is 3. The van der Waals surface area contributed by atoms with Crippen LogP contribution in [0.2, 0.25) is 0 Å². The van der Waals surface area contributed by atoms with Crippen LogP contribution < -0.4 is 10.2 Å². The average Bonchev–Trinajstić information content (AvgIpc) is 3.12. The highest BCUT2D eigenvalue weighted by atomic mass is 19.4. The zero-order chi connectivity index (χ0) is 32.8. The highest BCUT2D eigenvalue weighted by Gasteiger charge is 2.56. The maximum atomic E-state index is 13.8.